The first-order valence-electron chi connectivity index (χ1n) is 5.20. The van der Waals surface area contributed by atoms with Gasteiger partial charge in [0.1, 0.15) is 0 Å². The molecule has 0 aromatic carbocycles. The molecule has 3 nitrogen and oxygen atoms in total. The van der Waals surface area contributed by atoms with Crippen molar-refractivity contribution in [1.29, 1.82) is 0 Å². The van der Waals surface area contributed by atoms with Gasteiger partial charge in [0.25, 0.3) is 0 Å². The van der Waals surface area contributed by atoms with Crippen molar-refractivity contribution in [3.63, 3.8) is 0 Å². The zero-order valence-electron chi connectivity index (χ0n) is 9.50. The van der Waals surface area contributed by atoms with Crippen molar-refractivity contribution in [3.8, 4) is 0 Å². The van der Waals surface area contributed by atoms with Crippen LogP contribution in [0.25, 0.3) is 0 Å². The Balaban J connectivity index is 2.96. The number of methoxy groups -OCH3 is 2. The van der Waals surface area contributed by atoms with Gasteiger partial charge < -0.3 is 9.47 Å². The molecule has 1 aliphatic rings. The maximum Gasteiger partial charge on any atom is 0.314 e. The van der Waals surface area contributed by atoms with E-state index in [1.165, 1.54) is 7.11 Å². The Bertz CT molecular complexity index is 213. The molecule has 1 rings (SSSR count). The van der Waals surface area contributed by atoms with E-state index < -0.39 is 5.41 Å². The van der Waals surface area contributed by atoms with Crippen molar-refractivity contribution < 1.29 is 14.3 Å². The highest BCUT2D eigenvalue weighted by molar-refractivity contribution is 5.78. The van der Waals surface area contributed by atoms with Crippen molar-refractivity contribution in [2.75, 3.05) is 14.2 Å². The van der Waals surface area contributed by atoms with Gasteiger partial charge in [0.05, 0.1) is 18.6 Å². The highest BCUT2D eigenvalue weighted by atomic mass is 16.5. The average molecular weight is 200 g/mol. The van der Waals surface area contributed by atoms with Gasteiger partial charge in [-0.15, -0.1) is 0 Å². The molecule has 0 aromatic rings. The molecule has 1 saturated carbocycles. The van der Waals surface area contributed by atoms with Gasteiger partial charge in [0.15, 0.2) is 0 Å². The minimum Gasteiger partial charge on any atom is -0.469 e. The Morgan fingerprint density at radius 2 is 2.07 bits per heavy atom. The molecule has 0 heterocycles. The van der Waals surface area contributed by atoms with E-state index in [0.29, 0.717) is 0 Å². The van der Waals surface area contributed by atoms with Crippen LogP contribution in [0.5, 0.6) is 0 Å². The van der Waals surface area contributed by atoms with Gasteiger partial charge in [-0.05, 0) is 25.2 Å². The fourth-order valence-electron chi connectivity index (χ4n) is 2.65. The molecular formula is C11H20O3. The van der Waals surface area contributed by atoms with Crippen molar-refractivity contribution >= 4 is 5.97 Å². The first kappa shape index (κ1) is 11.5. The summed E-state index contributed by atoms with van der Waals surface area (Å²) in [6.07, 6.45) is 2.92. The van der Waals surface area contributed by atoms with Crippen LogP contribution in [0.4, 0.5) is 0 Å². The number of carbonyl (C=O) groups excluding carboxylic acids is 1. The number of ether oxygens (including phenoxy) is 2. The maximum absolute atomic E-state index is 11.8. The second-order valence-electron chi connectivity index (χ2n) is 4.30. The molecule has 1 aliphatic carbocycles. The largest absolute Gasteiger partial charge is 0.469 e. The minimum atomic E-state index is -0.413. The van der Waals surface area contributed by atoms with E-state index in [0.717, 1.165) is 19.3 Å². The second-order valence-corrected chi connectivity index (χ2v) is 4.30. The SMILES string of the molecule is COC(=O)C1(C(C)C)CCCC1OC. The Hall–Kier alpha value is -0.570. The fraction of sp³-hybridized carbons (Fsp3) is 0.909. The molecule has 1 fully saturated rings. The molecule has 82 valence electrons. The van der Waals surface area contributed by atoms with Crippen LogP contribution < -0.4 is 0 Å². The lowest BCUT2D eigenvalue weighted by Gasteiger charge is -2.35. The highest BCUT2D eigenvalue weighted by Crippen LogP contribution is 2.46. The van der Waals surface area contributed by atoms with Gasteiger partial charge >= 0.3 is 5.97 Å². The Morgan fingerprint density at radius 1 is 1.43 bits per heavy atom. The summed E-state index contributed by atoms with van der Waals surface area (Å²) in [4.78, 5) is 11.8. The van der Waals surface area contributed by atoms with E-state index in [2.05, 4.69) is 13.8 Å². The average Bonchev–Trinajstić information content (AvgIpc) is 2.60. The topological polar surface area (TPSA) is 35.5 Å². The Morgan fingerprint density at radius 3 is 2.50 bits per heavy atom. The molecule has 14 heavy (non-hydrogen) atoms. The van der Waals surface area contributed by atoms with Crippen LogP contribution in [-0.4, -0.2) is 26.3 Å². The molecule has 0 bridgehead atoms. The normalized spacial score (nSPS) is 32.2. The van der Waals surface area contributed by atoms with Crippen LogP contribution in [0.15, 0.2) is 0 Å². The third-order valence-electron chi connectivity index (χ3n) is 3.51. The van der Waals surface area contributed by atoms with Crippen molar-refractivity contribution in [2.45, 2.75) is 39.2 Å². The molecule has 0 spiro atoms. The van der Waals surface area contributed by atoms with Crippen LogP contribution in [-0.2, 0) is 14.3 Å². The number of rotatable bonds is 3. The highest BCUT2D eigenvalue weighted by Gasteiger charge is 2.52. The molecule has 2 unspecified atom stereocenters. The van der Waals surface area contributed by atoms with E-state index >= 15 is 0 Å². The van der Waals surface area contributed by atoms with Gasteiger partial charge in [-0.1, -0.05) is 13.8 Å². The molecule has 0 N–H and O–H groups in total. The van der Waals surface area contributed by atoms with E-state index in [1.54, 1.807) is 7.11 Å². The lowest BCUT2D eigenvalue weighted by Crippen LogP contribution is -2.44. The lowest BCUT2D eigenvalue weighted by atomic mass is 9.74. The molecule has 2 atom stereocenters. The molecule has 0 saturated heterocycles. The standard InChI is InChI=1S/C11H20O3/c1-8(2)11(10(12)14-4)7-5-6-9(11)13-3/h8-9H,5-7H2,1-4H3. The zero-order chi connectivity index (χ0) is 10.8. The molecule has 0 aromatic heterocycles. The van der Waals surface area contributed by atoms with Crippen molar-refractivity contribution in [1.82, 2.24) is 0 Å². The molecule has 0 amide bonds. The minimum absolute atomic E-state index is 0.0231. The van der Waals surface area contributed by atoms with Crippen molar-refractivity contribution in [2.24, 2.45) is 11.3 Å². The third-order valence-corrected chi connectivity index (χ3v) is 3.51. The van der Waals surface area contributed by atoms with Crippen LogP contribution >= 0.6 is 0 Å². The first-order chi connectivity index (χ1) is 6.59. The number of esters is 1. The predicted molar refractivity (Wildman–Crippen MR) is 53.9 cm³/mol. The lowest BCUT2D eigenvalue weighted by molar-refractivity contribution is -0.164. The maximum atomic E-state index is 11.8. The van der Waals surface area contributed by atoms with Crippen molar-refractivity contribution in [3.05, 3.63) is 0 Å². The van der Waals surface area contributed by atoms with E-state index in [1.807, 2.05) is 0 Å². The summed E-state index contributed by atoms with van der Waals surface area (Å²) in [6, 6.07) is 0. The van der Waals surface area contributed by atoms with E-state index in [4.69, 9.17) is 9.47 Å². The van der Waals surface area contributed by atoms with Crippen LogP contribution in [0, 0.1) is 11.3 Å². The number of hydrogen-bond donors (Lipinski definition) is 0. The Labute approximate surface area is 85.8 Å². The molecule has 0 aliphatic heterocycles. The summed E-state index contributed by atoms with van der Waals surface area (Å²) in [7, 11) is 3.13. The van der Waals surface area contributed by atoms with Crippen LogP contribution in [0.2, 0.25) is 0 Å². The Kier molecular flexibility index (Phi) is 3.53. The van der Waals surface area contributed by atoms with Gasteiger partial charge in [-0.2, -0.15) is 0 Å². The van der Waals surface area contributed by atoms with Gasteiger partial charge in [-0.25, -0.2) is 0 Å². The summed E-state index contributed by atoms with van der Waals surface area (Å²) < 4.78 is 10.3. The fourth-order valence-corrected chi connectivity index (χ4v) is 2.65. The summed E-state index contributed by atoms with van der Waals surface area (Å²) in [5.74, 6) is 0.152. The summed E-state index contributed by atoms with van der Waals surface area (Å²) >= 11 is 0. The van der Waals surface area contributed by atoms with Crippen LogP contribution in [0.3, 0.4) is 0 Å². The predicted octanol–water partition coefficient (Wildman–Crippen LogP) is 2.00. The monoisotopic (exact) mass is 200 g/mol. The first-order valence-corrected chi connectivity index (χ1v) is 5.20. The summed E-state index contributed by atoms with van der Waals surface area (Å²) in [6.45, 7) is 4.13. The zero-order valence-corrected chi connectivity index (χ0v) is 9.50. The van der Waals surface area contributed by atoms with Gasteiger partial charge in [0.2, 0.25) is 0 Å². The van der Waals surface area contributed by atoms with E-state index in [9.17, 15) is 4.79 Å². The number of carbonyl (C=O) groups is 1. The molecular weight excluding hydrogens is 180 g/mol. The van der Waals surface area contributed by atoms with Gasteiger partial charge in [0, 0.05) is 7.11 Å². The second kappa shape index (κ2) is 4.30. The van der Waals surface area contributed by atoms with Gasteiger partial charge in [-0.3, -0.25) is 4.79 Å². The van der Waals surface area contributed by atoms with Crippen LogP contribution in [0.1, 0.15) is 33.1 Å². The third kappa shape index (κ3) is 1.54. The quantitative estimate of drug-likeness (QED) is 0.654. The smallest absolute Gasteiger partial charge is 0.314 e. The summed E-state index contributed by atoms with van der Waals surface area (Å²) in [5.41, 5.74) is -0.413. The molecule has 3 heteroatoms. The van der Waals surface area contributed by atoms with E-state index in [-0.39, 0.29) is 18.0 Å². The molecule has 0 radical (unpaired) electrons. The number of hydrogen-bond acceptors (Lipinski definition) is 3. The summed E-state index contributed by atoms with van der Waals surface area (Å²) in [5, 5.41) is 0.